The van der Waals surface area contributed by atoms with Gasteiger partial charge in [0.15, 0.2) is 0 Å². The van der Waals surface area contributed by atoms with Gasteiger partial charge in [0.2, 0.25) is 0 Å². The molecule has 8 heteroatoms. The van der Waals surface area contributed by atoms with E-state index in [1.165, 1.54) is 13.2 Å². The molecule has 0 bridgehead atoms. The summed E-state index contributed by atoms with van der Waals surface area (Å²) in [6.45, 7) is 1.46. The van der Waals surface area contributed by atoms with Gasteiger partial charge < -0.3 is 0 Å². The molecule has 1 rings (SSSR count). The summed E-state index contributed by atoms with van der Waals surface area (Å²) >= 11 is 0. The number of urea groups is 1. The van der Waals surface area contributed by atoms with Gasteiger partial charge in [-0.2, -0.15) is 0 Å². The summed E-state index contributed by atoms with van der Waals surface area (Å²) in [7, 11) is -1.23. The number of nitrogens with one attached hydrogen (secondary N) is 1. The average molecular weight is 250 g/mol. The molecule has 1 aliphatic heterocycles. The van der Waals surface area contributed by atoms with Crippen molar-refractivity contribution in [1.29, 1.82) is 0 Å². The SMILES string of the molecule is CC(CS(C)=O)N1C(=O)NC(=O)C(F)C1=O. The van der Waals surface area contributed by atoms with Gasteiger partial charge in [-0.3, -0.25) is 24.0 Å². The van der Waals surface area contributed by atoms with Gasteiger partial charge >= 0.3 is 6.03 Å². The lowest BCUT2D eigenvalue weighted by Gasteiger charge is -2.31. The molecule has 3 unspecified atom stereocenters. The highest BCUT2D eigenvalue weighted by molar-refractivity contribution is 7.84. The smallest absolute Gasteiger partial charge is 0.275 e. The molecule has 0 aromatic rings. The van der Waals surface area contributed by atoms with Gasteiger partial charge in [-0.15, -0.1) is 0 Å². The normalized spacial score (nSPS) is 25.3. The van der Waals surface area contributed by atoms with Crippen LogP contribution in [0.15, 0.2) is 0 Å². The molecule has 0 aromatic carbocycles. The molecule has 0 radical (unpaired) electrons. The molecule has 16 heavy (non-hydrogen) atoms. The second-order valence-electron chi connectivity index (χ2n) is 3.45. The van der Waals surface area contributed by atoms with Gasteiger partial charge in [-0.05, 0) is 6.92 Å². The minimum absolute atomic E-state index is 0.0417. The topological polar surface area (TPSA) is 83.6 Å². The fourth-order valence-corrected chi connectivity index (χ4v) is 2.22. The lowest BCUT2D eigenvalue weighted by Crippen LogP contribution is -2.62. The zero-order valence-electron chi connectivity index (χ0n) is 8.73. The van der Waals surface area contributed by atoms with Gasteiger partial charge in [0.1, 0.15) is 0 Å². The summed E-state index contributed by atoms with van der Waals surface area (Å²) in [6, 6.07) is -1.69. The van der Waals surface area contributed by atoms with Crippen LogP contribution in [-0.2, 0) is 20.4 Å². The highest BCUT2D eigenvalue weighted by Gasteiger charge is 2.42. The van der Waals surface area contributed by atoms with Gasteiger partial charge in [0, 0.05) is 22.8 Å². The number of imide groups is 2. The van der Waals surface area contributed by atoms with Crippen molar-refractivity contribution in [2.45, 2.75) is 19.1 Å². The summed E-state index contributed by atoms with van der Waals surface area (Å²) in [5.74, 6) is -2.41. The van der Waals surface area contributed by atoms with E-state index >= 15 is 0 Å². The van der Waals surface area contributed by atoms with Crippen LogP contribution < -0.4 is 5.32 Å². The van der Waals surface area contributed by atoms with Crippen molar-refractivity contribution >= 4 is 28.6 Å². The third kappa shape index (κ3) is 2.43. The van der Waals surface area contributed by atoms with Crippen molar-refractivity contribution < 1.29 is 23.0 Å². The van der Waals surface area contributed by atoms with Gasteiger partial charge in [-0.1, -0.05) is 0 Å². The first-order chi connectivity index (χ1) is 7.34. The summed E-state index contributed by atoms with van der Waals surface area (Å²) < 4.78 is 24.0. The van der Waals surface area contributed by atoms with Crippen molar-refractivity contribution in [3.8, 4) is 0 Å². The molecule has 1 N–H and O–H groups in total. The van der Waals surface area contributed by atoms with Crippen molar-refractivity contribution in [1.82, 2.24) is 10.2 Å². The Morgan fingerprint density at radius 3 is 2.56 bits per heavy atom. The minimum Gasteiger partial charge on any atom is -0.275 e. The van der Waals surface area contributed by atoms with E-state index in [2.05, 4.69) is 0 Å². The fourth-order valence-electron chi connectivity index (χ4n) is 1.39. The Balaban J connectivity index is 2.86. The van der Waals surface area contributed by atoms with E-state index in [-0.39, 0.29) is 5.75 Å². The van der Waals surface area contributed by atoms with Crippen LogP contribution in [0.25, 0.3) is 0 Å². The molecule has 90 valence electrons. The van der Waals surface area contributed by atoms with E-state index in [4.69, 9.17) is 0 Å². The quantitative estimate of drug-likeness (QED) is 0.663. The van der Waals surface area contributed by atoms with Crippen LogP contribution in [0.3, 0.4) is 0 Å². The Morgan fingerprint density at radius 1 is 1.50 bits per heavy atom. The van der Waals surface area contributed by atoms with Crippen LogP contribution in [0.1, 0.15) is 6.92 Å². The van der Waals surface area contributed by atoms with Crippen molar-refractivity contribution in [3.63, 3.8) is 0 Å². The highest BCUT2D eigenvalue weighted by Crippen LogP contribution is 2.11. The molecule has 1 aliphatic rings. The molecular weight excluding hydrogens is 239 g/mol. The van der Waals surface area contributed by atoms with Crippen LogP contribution in [0.4, 0.5) is 9.18 Å². The molecule has 0 spiro atoms. The molecule has 0 aliphatic carbocycles. The van der Waals surface area contributed by atoms with E-state index in [1.54, 1.807) is 5.32 Å². The first-order valence-electron chi connectivity index (χ1n) is 4.46. The second kappa shape index (κ2) is 4.69. The third-order valence-electron chi connectivity index (χ3n) is 2.05. The number of carbonyl (C=O) groups is 3. The monoisotopic (exact) mass is 250 g/mol. The lowest BCUT2D eigenvalue weighted by atomic mass is 10.2. The van der Waals surface area contributed by atoms with E-state index < -0.39 is 40.9 Å². The first kappa shape index (κ1) is 12.8. The van der Waals surface area contributed by atoms with Crippen LogP contribution in [0.2, 0.25) is 0 Å². The van der Waals surface area contributed by atoms with Gasteiger partial charge in [-0.25, -0.2) is 9.18 Å². The molecule has 1 saturated heterocycles. The number of barbiturate groups is 1. The Hall–Kier alpha value is -1.31. The van der Waals surface area contributed by atoms with Crippen LogP contribution in [0, 0.1) is 0 Å². The summed E-state index contributed by atoms with van der Waals surface area (Å²) in [4.78, 5) is 34.0. The Morgan fingerprint density at radius 2 is 2.06 bits per heavy atom. The maximum atomic E-state index is 13.1. The van der Waals surface area contributed by atoms with Crippen molar-refractivity contribution in [2.75, 3.05) is 12.0 Å². The standard InChI is InChI=1S/C8H11FN2O4S/c1-4(3-16(2)15)11-7(13)5(9)6(12)10-8(11)14/h4-5H,3H2,1-2H3,(H,10,12,14). The van der Waals surface area contributed by atoms with E-state index in [0.29, 0.717) is 4.90 Å². The predicted molar refractivity (Wildman–Crippen MR) is 53.7 cm³/mol. The molecule has 0 aromatic heterocycles. The number of rotatable bonds is 3. The summed E-state index contributed by atoms with van der Waals surface area (Å²) in [5.41, 5.74) is 0. The first-order valence-corrected chi connectivity index (χ1v) is 6.19. The largest absolute Gasteiger partial charge is 0.331 e. The fraction of sp³-hybridized carbons (Fsp3) is 0.625. The lowest BCUT2D eigenvalue weighted by molar-refractivity contribution is -0.144. The van der Waals surface area contributed by atoms with E-state index in [0.717, 1.165) is 0 Å². The van der Waals surface area contributed by atoms with Gasteiger partial charge in [0.05, 0.1) is 6.04 Å². The molecule has 3 atom stereocenters. The molecule has 4 amide bonds. The maximum Gasteiger partial charge on any atom is 0.331 e. The van der Waals surface area contributed by atoms with Crippen LogP contribution >= 0.6 is 0 Å². The van der Waals surface area contributed by atoms with E-state index in [1.807, 2.05) is 0 Å². The highest BCUT2D eigenvalue weighted by atomic mass is 32.2. The number of amides is 4. The summed E-state index contributed by atoms with van der Waals surface area (Å²) in [6.07, 6.45) is -0.966. The molecule has 0 saturated carbocycles. The van der Waals surface area contributed by atoms with Gasteiger partial charge in [0.25, 0.3) is 18.0 Å². The predicted octanol–water partition coefficient (Wildman–Crippen LogP) is -0.830. The molecule has 6 nitrogen and oxygen atoms in total. The van der Waals surface area contributed by atoms with Crippen LogP contribution in [0.5, 0.6) is 0 Å². The second-order valence-corrected chi connectivity index (χ2v) is 4.93. The zero-order chi connectivity index (χ0) is 12.5. The molecule has 1 fully saturated rings. The number of halogens is 1. The van der Waals surface area contributed by atoms with Crippen LogP contribution in [-0.4, -0.2) is 51.2 Å². The number of hydrogen-bond acceptors (Lipinski definition) is 4. The number of alkyl halides is 1. The number of carbonyl (C=O) groups excluding carboxylic acids is 3. The van der Waals surface area contributed by atoms with E-state index in [9.17, 15) is 23.0 Å². The Kier molecular flexibility index (Phi) is 3.74. The van der Waals surface area contributed by atoms with Crippen molar-refractivity contribution in [2.24, 2.45) is 0 Å². The molecular formula is C8H11FN2O4S. The maximum absolute atomic E-state index is 13.1. The Labute approximate surface area is 93.6 Å². The Bertz CT molecular complexity index is 373. The zero-order valence-corrected chi connectivity index (χ0v) is 9.54. The average Bonchev–Trinajstić information content (AvgIpc) is 2.13. The molecule has 1 heterocycles. The minimum atomic E-state index is -2.37. The third-order valence-corrected chi connectivity index (χ3v) is 3.00. The number of hydrogen-bond donors (Lipinski definition) is 1. The van der Waals surface area contributed by atoms with Crippen molar-refractivity contribution in [3.05, 3.63) is 0 Å². The number of nitrogens with zero attached hydrogens (tertiary/aromatic N) is 1. The summed E-state index contributed by atoms with van der Waals surface area (Å²) in [5, 5.41) is 1.72.